The molecule has 0 N–H and O–H groups in total. The van der Waals surface area contributed by atoms with Gasteiger partial charge in [0.1, 0.15) is 11.4 Å². The van der Waals surface area contributed by atoms with E-state index in [0.29, 0.717) is 10.6 Å². The van der Waals surface area contributed by atoms with E-state index < -0.39 is 28.3 Å². The smallest absolute Gasteiger partial charge is 0.348 e. The van der Waals surface area contributed by atoms with Gasteiger partial charge in [-0.15, -0.1) is 0 Å². The molecule has 1 saturated heterocycles. The van der Waals surface area contributed by atoms with Crippen molar-refractivity contribution in [3.8, 4) is 0 Å². The highest BCUT2D eigenvalue weighted by molar-refractivity contribution is 9.09. The van der Waals surface area contributed by atoms with E-state index in [9.17, 15) is 9.59 Å². The number of alkyl halides is 1. The molecule has 0 aromatic heterocycles. The summed E-state index contributed by atoms with van der Waals surface area (Å²) in [5, 5.41) is 0.458. The first kappa shape index (κ1) is 15.3. The SMILES string of the molecule is CC1(C)COC(=O)[C@@H]1OC(=O)C(Br)c1ccccc1Cl. The number of hydrogen-bond acceptors (Lipinski definition) is 4. The number of esters is 2. The van der Waals surface area contributed by atoms with Crippen molar-refractivity contribution in [1.29, 1.82) is 0 Å². The molecule has 1 unspecified atom stereocenters. The Balaban J connectivity index is 2.13. The summed E-state index contributed by atoms with van der Waals surface area (Å²) in [6.07, 6.45) is -0.891. The van der Waals surface area contributed by atoms with Gasteiger partial charge in [-0.2, -0.15) is 0 Å². The molecule has 0 saturated carbocycles. The molecule has 1 aromatic carbocycles. The average molecular weight is 362 g/mol. The molecule has 1 fully saturated rings. The van der Waals surface area contributed by atoms with Crippen molar-refractivity contribution < 1.29 is 19.1 Å². The maximum absolute atomic E-state index is 12.1. The van der Waals surface area contributed by atoms with Crippen molar-refractivity contribution in [3.63, 3.8) is 0 Å². The molecule has 2 rings (SSSR count). The minimum atomic E-state index is -0.891. The average Bonchev–Trinajstić information content (AvgIpc) is 2.65. The van der Waals surface area contributed by atoms with Gasteiger partial charge in [-0.3, -0.25) is 4.79 Å². The predicted octanol–water partition coefficient (Wildman–Crippen LogP) is 3.27. The predicted molar refractivity (Wildman–Crippen MR) is 77.7 cm³/mol. The first-order valence-electron chi connectivity index (χ1n) is 6.08. The quantitative estimate of drug-likeness (QED) is 0.612. The van der Waals surface area contributed by atoms with Crippen molar-refractivity contribution >= 4 is 39.5 Å². The largest absolute Gasteiger partial charge is 0.462 e. The lowest BCUT2D eigenvalue weighted by molar-refractivity contribution is -0.162. The number of hydrogen-bond donors (Lipinski definition) is 0. The third-order valence-corrected chi connectivity index (χ3v) is 4.34. The van der Waals surface area contributed by atoms with E-state index in [1.54, 1.807) is 24.3 Å². The third-order valence-electron chi connectivity index (χ3n) is 3.13. The van der Waals surface area contributed by atoms with Gasteiger partial charge in [0, 0.05) is 10.4 Å². The van der Waals surface area contributed by atoms with Crippen LogP contribution in [-0.4, -0.2) is 24.6 Å². The first-order chi connectivity index (χ1) is 9.33. The maximum Gasteiger partial charge on any atom is 0.348 e. The zero-order chi connectivity index (χ0) is 14.9. The Bertz CT molecular complexity index is 544. The lowest BCUT2D eigenvalue weighted by Crippen LogP contribution is -2.35. The van der Waals surface area contributed by atoms with E-state index in [0.717, 1.165) is 0 Å². The van der Waals surface area contributed by atoms with Crippen LogP contribution in [0, 0.1) is 5.41 Å². The van der Waals surface area contributed by atoms with E-state index in [1.165, 1.54) is 0 Å². The van der Waals surface area contributed by atoms with Crippen LogP contribution < -0.4 is 0 Å². The number of ether oxygens (including phenoxy) is 2. The molecule has 1 aliphatic heterocycles. The number of cyclic esters (lactones) is 1. The molecule has 0 radical (unpaired) electrons. The number of carbonyl (C=O) groups excluding carboxylic acids is 2. The molecule has 108 valence electrons. The van der Waals surface area contributed by atoms with E-state index in [1.807, 2.05) is 13.8 Å². The van der Waals surface area contributed by atoms with Crippen LogP contribution in [0.1, 0.15) is 24.2 Å². The fourth-order valence-electron chi connectivity index (χ4n) is 1.92. The second-order valence-corrected chi connectivity index (χ2v) is 6.62. The van der Waals surface area contributed by atoms with Crippen molar-refractivity contribution in [3.05, 3.63) is 34.9 Å². The standard InChI is InChI=1S/C14H14BrClO4/c1-14(2)7-19-13(18)11(14)20-12(17)10(15)8-5-3-4-6-9(8)16/h3-6,10-11H,7H2,1-2H3/t10?,11-/m0/s1. The Morgan fingerprint density at radius 1 is 1.50 bits per heavy atom. The summed E-state index contributed by atoms with van der Waals surface area (Å²) in [7, 11) is 0. The lowest BCUT2D eigenvalue weighted by Gasteiger charge is -2.23. The first-order valence-corrected chi connectivity index (χ1v) is 7.38. The van der Waals surface area contributed by atoms with Gasteiger partial charge in [0.25, 0.3) is 0 Å². The molecular weight excluding hydrogens is 348 g/mol. The summed E-state index contributed by atoms with van der Waals surface area (Å²) in [6.45, 7) is 3.87. The zero-order valence-electron chi connectivity index (χ0n) is 11.1. The van der Waals surface area contributed by atoms with Gasteiger partial charge in [0.05, 0.1) is 0 Å². The van der Waals surface area contributed by atoms with Crippen LogP contribution in [0.3, 0.4) is 0 Å². The van der Waals surface area contributed by atoms with Gasteiger partial charge < -0.3 is 9.47 Å². The monoisotopic (exact) mass is 360 g/mol. The zero-order valence-corrected chi connectivity index (χ0v) is 13.4. The fraction of sp³-hybridized carbons (Fsp3) is 0.429. The van der Waals surface area contributed by atoms with Crippen LogP contribution >= 0.6 is 27.5 Å². The normalized spacial score (nSPS) is 22.2. The molecular formula is C14H14BrClO4. The van der Waals surface area contributed by atoms with E-state index in [-0.39, 0.29) is 6.61 Å². The summed E-state index contributed by atoms with van der Waals surface area (Å²) in [4.78, 5) is 23.0. The van der Waals surface area contributed by atoms with Crippen molar-refractivity contribution in [1.82, 2.24) is 0 Å². The second kappa shape index (κ2) is 5.74. The van der Waals surface area contributed by atoms with Crippen LogP contribution in [0.2, 0.25) is 5.02 Å². The molecule has 6 heteroatoms. The summed E-state index contributed by atoms with van der Waals surface area (Å²) < 4.78 is 10.2. The Kier molecular flexibility index (Phi) is 4.39. The highest BCUT2D eigenvalue weighted by Crippen LogP contribution is 2.35. The molecule has 0 bridgehead atoms. The minimum absolute atomic E-state index is 0.239. The van der Waals surface area contributed by atoms with Gasteiger partial charge in [-0.25, -0.2) is 4.79 Å². The Morgan fingerprint density at radius 3 is 2.70 bits per heavy atom. The summed E-state index contributed by atoms with van der Waals surface area (Å²) in [5.41, 5.74) is 0.0725. The Hall–Kier alpha value is -1.07. The van der Waals surface area contributed by atoms with Crippen LogP contribution in [0.5, 0.6) is 0 Å². The minimum Gasteiger partial charge on any atom is -0.462 e. The molecule has 4 nitrogen and oxygen atoms in total. The Morgan fingerprint density at radius 2 is 2.15 bits per heavy atom. The van der Waals surface area contributed by atoms with Gasteiger partial charge >= 0.3 is 11.9 Å². The van der Waals surface area contributed by atoms with Gasteiger partial charge in [0.2, 0.25) is 6.10 Å². The molecule has 20 heavy (non-hydrogen) atoms. The topological polar surface area (TPSA) is 52.6 Å². The van der Waals surface area contributed by atoms with Crippen molar-refractivity contribution in [2.75, 3.05) is 6.61 Å². The third kappa shape index (κ3) is 2.99. The molecule has 1 heterocycles. The number of rotatable bonds is 3. The Labute approximate surface area is 130 Å². The fourth-order valence-corrected chi connectivity index (χ4v) is 2.80. The van der Waals surface area contributed by atoms with Gasteiger partial charge in [-0.05, 0) is 11.6 Å². The highest BCUT2D eigenvalue weighted by Gasteiger charge is 2.47. The lowest BCUT2D eigenvalue weighted by atomic mass is 9.90. The van der Waals surface area contributed by atoms with E-state index in [4.69, 9.17) is 21.1 Å². The van der Waals surface area contributed by atoms with Gasteiger partial charge in [-0.1, -0.05) is 59.6 Å². The van der Waals surface area contributed by atoms with E-state index >= 15 is 0 Å². The van der Waals surface area contributed by atoms with Gasteiger partial charge in [0.15, 0.2) is 0 Å². The molecule has 2 atom stereocenters. The number of halogens is 2. The molecule has 0 amide bonds. The highest BCUT2D eigenvalue weighted by atomic mass is 79.9. The van der Waals surface area contributed by atoms with Crippen molar-refractivity contribution in [2.24, 2.45) is 5.41 Å². The molecule has 1 aromatic rings. The van der Waals surface area contributed by atoms with Crippen LogP contribution in [0.15, 0.2) is 24.3 Å². The second-order valence-electron chi connectivity index (χ2n) is 5.30. The van der Waals surface area contributed by atoms with Crippen molar-refractivity contribution in [2.45, 2.75) is 24.8 Å². The summed E-state index contributed by atoms with van der Waals surface area (Å²) >= 11 is 9.29. The maximum atomic E-state index is 12.1. The van der Waals surface area contributed by atoms with Crippen LogP contribution in [-0.2, 0) is 19.1 Å². The number of carbonyl (C=O) groups is 2. The van der Waals surface area contributed by atoms with E-state index in [2.05, 4.69) is 15.9 Å². The molecule has 1 aliphatic rings. The summed E-state index contributed by atoms with van der Waals surface area (Å²) in [5.74, 6) is -1.07. The van der Waals surface area contributed by atoms with Crippen LogP contribution in [0.4, 0.5) is 0 Å². The molecule has 0 spiro atoms. The van der Waals surface area contributed by atoms with Crippen LogP contribution in [0.25, 0.3) is 0 Å². The summed E-state index contributed by atoms with van der Waals surface area (Å²) in [6, 6.07) is 6.96. The molecule has 0 aliphatic carbocycles. The number of benzene rings is 1.